The van der Waals surface area contributed by atoms with Crippen LogP contribution in [0, 0.1) is 18.3 Å². The molecule has 0 spiro atoms. The van der Waals surface area contributed by atoms with E-state index in [1.54, 1.807) is 24.3 Å². The van der Waals surface area contributed by atoms with Crippen molar-refractivity contribution in [2.45, 2.75) is 13.5 Å². The average Bonchev–Trinajstić information content (AvgIpc) is 2.93. The Morgan fingerprint density at radius 1 is 1.24 bits per heavy atom. The van der Waals surface area contributed by atoms with E-state index in [4.69, 9.17) is 14.7 Å². The van der Waals surface area contributed by atoms with Crippen LogP contribution in [0.2, 0.25) is 0 Å². The molecule has 21 heavy (non-hydrogen) atoms. The summed E-state index contributed by atoms with van der Waals surface area (Å²) >= 11 is 0. The highest BCUT2D eigenvalue weighted by molar-refractivity contribution is 5.57. The van der Waals surface area contributed by atoms with Crippen LogP contribution in [0.4, 0.5) is 5.69 Å². The monoisotopic (exact) mass is 282 g/mol. The Kier molecular flexibility index (Phi) is 3.28. The lowest BCUT2D eigenvalue weighted by Crippen LogP contribution is -2.02. The van der Waals surface area contributed by atoms with Crippen molar-refractivity contribution in [1.29, 1.82) is 5.26 Å². The molecular weight excluding hydrogens is 268 g/mol. The minimum absolute atomic E-state index is 0.154. The topological polar surface area (TPSA) is 74.5 Å². The summed E-state index contributed by atoms with van der Waals surface area (Å²) in [5.74, 6) is 1.34. The van der Waals surface area contributed by atoms with Gasteiger partial charge in [0, 0.05) is 23.9 Å². The molecule has 0 saturated carbocycles. The largest absolute Gasteiger partial charge is 0.507 e. The fourth-order valence-electron chi connectivity index (χ4n) is 2.19. The van der Waals surface area contributed by atoms with Gasteiger partial charge in [-0.15, -0.1) is 0 Å². The van der Waals surface area contributed by atoms with Gasteiger partial charge in [0.1, 0.15) is 5.75 Å². The van der Waals surface area contributed by atoms with Crippen molar-refractivity contribution in [3.63, 3.8) is 0 Å². The fraction of sp³-hybridized carbons (Fsp3) is 0.188. The van der Waals surface area contributed by atoms with E-state index in [9.17, 15) is 5.11 Å². The third-order valence-corrected chi connectivity index (χ3v) is 3.41. The quantitative estimate of drug-likeness (QED) is 0.905. The Morgan fingerprint density at radius 3 is 2.76 bits per heavy atom. The summed E-state index contributed by atoms with van der Waals surface area (Å²) in [6.45, 7) is 2.57. The molecule has 0 atom stereocenters. The minimum Gasteiger partial charge on any atom is -0.507 e. The van der Waals surface area contributed by atoms with Crippen LogP contribution < -0.4 is 14.8 Å². The first-order valence-corrected chi connectivity index (χ1v) is 6.53. The van der Waals surface area contributed by atoms with Gasteiger partial charge in [-0.25, -0.2) is 0 Å². The number of nitrogens with zero attached hydrogens (tertiary/aromatic N) is 1. The molecule has 0 saturated heterocycles. The molecule has 0 fully saturated rings. The molecule has 5 nitrogen and oxygen atoms in total. The van der Waals surface area contributed by atoms with E-state index in [0.29, 0.717) is 29.2 Å². The van der Waals surface area contributed by atoms with Gasteiger partial charge in [0.25, 0.3) is 0 Å². The summed E-state index contributed by atoms with van der Waals surface area (Å²) in [7, 11) is 0. The SMILES string of the molecule is Cc1ccc(C#N)cc1NCc1cc2c(cc1O)OCO2. The number of rotatable bonds is 3. The highest BCUT2D eigenvalue weighted by Crippen LogP contribution is 2.37. The first-order valence-electron chi connectivity index (χ1n) is 6.53. The van der Waals surface area contributed by atoms with Gasteiger partial charge in [0.2, 0.25) is 6.79 Å². The van der Waals surface area contributed by atoms with Crippen molar-refractivity contribution < 1.29 is 14.6 Å². The summed E-state index contributed by atoms with van der Waals surface area (Å²) < 4.78 is 10.5. The lowest BCUT2D eigenvalue weighted by Gasteiger charge is -2.11. The number of ether oxygens (including phenoxy) is 2. The molecule has 0 bridgehead atoms. The van der Waals surface area contributed by atoms with Crippen LogP contribution in [0.15, 0.2) is 30.3 Å². The summed E-state index contributed by atoms with van der Waals surface area (Å²) in [6, 6.07) is 10.9. The Hall–Kier alpha value is -2.87. The fourth-order valence-corrected chi connectivity index (χ4v) is 2.19. The van der Waals surface area contributed by atoms with Crippen molar-refractivity contribution in [2.24, 2.45) is 0 Å². The van der Waals surface area contributed by atoms with Gasteiger partial charge >= 0.3 is 0 Å². The standard InChI is InChI=1S/C16H14N2O3/c1-10-2-3-11(7-17)4-13(10)18-8-12-5-15-16(6-14(12)19)21-9-20-15/h2-6,18-19H,8-9H2,1H3. The second-order valence-corrected chi connectivity index (χ2v) is 4.83. The van der Waals surface area contributed by atoms with E-state index in [2.05, 4.69) is 11.4 Å². The van der Waals surface area contributed by atoms with Crippen molar-refractivity contribution in [3.05, 3.63) is 47.0 Å². The zero-order valence-corrected chi connectivity index (χ0v) is 11.5. The number of nitrogens with one attached hydrogen (secondary N) is 1. The molecule has 0 aliphatic carbocycles. The molecule has 1 aliphatic heterocycles. The van der Waals surface area contributed by atoms with Gasteiger partial charge in [-0.3, -0.25) is 0 Å². The summed E-state index contributed by atoms with van der Waals surface area (Å²) in [4.78, 5) is 0. The van der Waals surface area contributed by atoms with Crippen molar-refractivity contribution in [2.75, 3.05) is 12.1 Å². The number of anilines is 1. The van der Waals surface area contributed by atoms with Gasteiger partial charge in [0.05, 0.1) is 11.6 Å². The molecule has 1 heterocycles. The Bertz CT molecular complexity index is 735. The number of fused-ring (bicyclic) bond motifs is 1. The van der Waals surface area contributed by atoms with Gasteiger partial charge in [-0.05, 0) is 30.7 Å². The predicted octanol–water partition coefficient (Wildman–Crippen LogP) is 2.91. The summed E-state index contributed by atoms with van der Waals surface area (Å²) in [5, 5.41) is 22.2. The first kappa shape index (κ1) is 13.1. The number of aromatic hydroxyl groups is 1. The number of benzene rings is 2. The lowest BCUT2D eigenvalue weighted by atomic mass is 10.1. The molecule has 0 aromatic heterocycles. The molecule has 2 N–H and O–H groups in total. The highest BCUT2D eigenvalue weighted by atomic mass is 16.7. The van der Waals surface area contributed by atoms with Crippen LogP contribution in [0.3, 0.4) is 0 Å². The number of phenolic OH excluding ortho intramolecular Hbond substituents is 1. The van der Waals surface area contributed by atoms with E-state index >= 15 is 0 Å². The number of phenols is 1. The van der Waals surface area contributed by atoms with Gasteiger partial charge < -0.3 is 19.9 Å². The molecule has 0 unspecified atom stereocenters. The van der Waals surface area contributed by atoms with Crippen molar-refractivity contribution in [3.8, 4) is 23.3 Å². The Balaban J connectivity index is 1.81. The average molecular weight is 282 g/mol. The Labute approximate surface area is 122 Å². The van der Waals surface area contributed by atoms with Gasteiger partial charge in [-0.1, -0.05) is 6.07 Å². The number of aryl methyl sites for hydroxylation is 1. The molecule has 2 aromatic carbocycles. The van der Waals surface area contributed by atoms with Crippen LogP contribution in [-0.2, 0) is 6.54 Å². The van der Waals surface area contributed by atoms with Crippen LogP contribution in [0.25, 0.3) is 0 Å². The summed E-state index contributed by atoms with van der Waals surface area (Å²) in [5.41, 5.74) is 3.21. The van der Waals surface area contributed by atoms with Gasteiger partial charge in [0.15, 0.2) is 11.5 Å². The zero-order chi connectivity index (χ0) is 14.8. The molecule has 106 valence electrons. The lowest BCUT2D eigenvalue weighted by molar-refractivity contribution is 0.174. The maximum Gasteiger partial charge on any atom is 0.231 e. The highest BCUT2D eigenvalue weighted by Gasteiger charge is 2.16. The molecule has 0 amide bonds. The van der Waals surface area contributed by atoms with Crippen LogP contribution in [0.1, 0.15) is 16.7 Å². The third-order valence-electron chi connectivity index (χ3n) is 3.41. The van der Waals surface area contributed by atoms with E-state index in [0.717, 1.165) is 11.3 Å². The third kappa shape index (κ3) is 2.56. The maximum absolute atomic E-state index is 9.99. The number of hydrogen-bond acceptors (Lipinski definition) is 5. The number of hydrogen-bond donors (Lipinski definition) is 2. The normalized spacial score (nSPS) is 12.0. The van der Waals surface area contributed by atoms with Crippen molar-refractivity contribution >= 4 is 5.69 Å². The van der Waals surface area contributed by atoms with E-state index in [1.807, 2.05) is 13.0 Å². The summed E-state index contributed by atoms with van der Waals surface area (Å²) in [6.07, 6.45) is 0. The van der Waals surface area contributed by atoms with E-state index in [1.165, 1.54) is 0 Å². The zero-order valence-electron chi connectivity index (χ0n) is 11.5. The molecule has 2 aromatic rings. The molecule has 0 radical (unpaired) electrons. The smallest absolute Gasteiger partial charge is 0.231 e. The van der Waals surface area contributed by atoms with E-state index in [-0.39, 0.29) is 12.5 Å². The predicted molar refractivity (Wildman–Crippen MR) is 77.5 cm³/mol. The van der Waals surface area contributed by atoms with Crippen LogP contribution in [0.5, 0.6) is 17.2 Å². The van der Waals surface area contributed by atoms with E-state index < -0.39 is 0 Å². The maximum atomic E-state index is 9.99. The minimum atomic E-state index is 0.154. The second kappa shape index (κ2) is 5.25. The molecule has 5 heteroatoms. The molecular formula is C16H14N2O3. The van der Waals surface area contributed by atoms with Crippen LogP contribution in [-0.4, -0.2) is 11.9 Å². The van der Waals surface area contributed by atoms with Gasteiger partial charge in [-0.2, -0.15) is 5.26 Å². The van der Waals surface area contributed by atoms with Crippen molar-refractivity contribution in [1.82, 2.24) is 0 Å². The Morgan fingerprint density at radius 2 is 2.00 bits per heavy atom. The first-order chi connectivity index (χ1) is 10.2. The van der Waals surface area contributed by atoms with Crippen LogP contribution >= 0.6 is 0 Å². The molecule has 1 aliphatic rings. The number of nitriles is 1. The molecule has 3 rings (SSSR count). The second-order valence-electron chi connectivity index (χ2n) is 4.83.